The number of hydrogen-bond donors (Lipinski definition) is 0. The number of rotatable bonds is 7. The van der Waals surface area contributed by atoms with Crippen LogP contribution in [0.4, 0.5) is 0 Å². The average molecular weight is 256 g/mol. The van der Waals surface area contributed by atoms with Crippen molar-refractivity contribution < 1.29 is 9.53 Å². The van der Waals surface area contributed by atoms with Gasteiger partial charge in [0.15, 0.2) is 0 Å². The fourth-order valence-electron chi connectivity index (χ4n) is 1.49. The van der Waals surface area contributed by atoms with E-state index in [4.69, 9.17) is 16.3 Å². The number of nitrogens with zero attached hydrogens (tertiary/aromatic N) is 1. The zero-order chi connectivity index (χ0) is 12.5. The zero-order valence-electron chi connectivity index (χ0n) is 10.1. The second kappa shape index (κ2) is 8.07. The highest BCUT2D eigenvalue weighted by atomic mass is 35.5. The Kier molecular flexibility index (Phi) is 6.63. The standard InChI is InChI=1S/C13H18ClNO2/c1-2-3-4-5-6-10-17-13(16)11-8-7-9-15-12(11)14/h7-9H,2-6,10H2,1H3. The minimum absolute atomic E-state index is 0.198. The molecule has 0 unspecified atom stereocenters. The van der Waals surface area contributed by atoms with Gasteiger partial charge in [0.25, 0.3) is 0 Å². The summed E-state index contributed by atoms with van der Waals surface area (Å²) in [5.74, 6) is -0.390. The summed E-state index contributed by atoms with van der Waals surface area (Å²) in [5, 5.41) is 0.198. The van der Waals surface area contributed by atoms with E-state index in [2.05, 4.69) is 11.9 Å². The number of carbonyl (C=O) groups is 1. The Labute approximate surface area is 107 Å². The highest BCUT2D eigenvalue weighted by Crippen LogP contribution is 2.13. The molecule has 0 aliphatic rings. The van der Waals surface area contributed by atoms with Gasteiger partial charge in [0, 0.05) is 6.20 Å². The Morgan fingerprint density at radius 2 is 2.12 bits per heavy atom. The van der Waals surface area contributed by atoms with E-state index in [1.54, 1.807) is 18.3 Å². The maximum Gasteiger partial charge on any atom is 0.341 e. The number of esters is 1. The van der Waals surface area contributed by atoms with Gasteiger partial charge in [-0.15, -0.1) is 0 Å². The molecule has 0 N–H and O–H groups in total. The lowest BCUT2D eigenvalue weighted by Crippen LogP contribution is -2.07. The normalized spacial score (nSPS) is 10.2. The smallest absolute Gasteiger partial charge is 0.341 e. The van der Waals surface area contributed by atoms with Gasteiger partial charge in [-0.2, -0.15) is 0 Å². The second-order valence-corrected chi connectivity index (χ2v) is 4.25. The summed E-state index contributed by atoms with van der Waals surface area (Å²) in [5.41, 5.74) is 0.336. The predicted molar refractivity (Wildman–Crippen MR) is 68.3 cm³/mol. The minimum Gasteiger partial charge on any atom is -0.462 e. The van der Waals surface area contributed by atoms with E-state index >= 15 is 0 Å². The lowest BCUT2D eigenvalue weighted by atomic mass is 10.2. The molecule has 0 aliphatic carbocycles. The van der Waals surface area contributed by atoms with Crippen LogP contribution >= 0.6 is 11.6 Å². The Bertz CT molecular complexity index is 355. The summed E-state index contributed by atoms with van der Waals surface area (Å²) in [4.78, 5) is 15.4. The van der Waals surface area contributed by atoms with Crippen molar-refractivity contribution in [1.82, 2.24) is 4.98 Å². The number of unbranched alkanes of at least 4 members (excludes halogenated alkanes) is 4. The number of halogens is 1. The van der Waals surface area contributed by atoms with Gasteiger partial charge in [0.05, 0.1) is 12.2 Å². The molecule has 0 saturated heterocycles. The zero-order valence-corrected chi connectivity index (χ0v) is 10.9. The fourth-order valence-corrected chi connectivity index (χ4v) is 1.68. The molecule has 0 aliphatic heterocycles. The van der Waals surface area contributed by atoms with Crippen molar-refractivity contribution in [3.05, 3.63) is 29.0 Å². The van der Waals surface area contributed by atoms with Crippen LogP contribution in [0.25, 0.3) is 0 Å². The highest BCUT2D eigenvalue weighted by Gasteiger charge is 2.11. The van der Waals surface area contributed by atoms with Gasteiger partial charge in [-0.3, -0.25) is 0 Å². The monoisotopic (exact) mass is 255 g/mol. The van der Waals surface area contributed by atoms with Crippen molar-refractivity contribution in [2.75, 3.05) is 6.61 Å². The van der Waals surface area contributed by atoms with Gasteiger partial charge >= 0.3 is 5.97 Å². The van der Waals surface area contributed by atoms with E-state index in [9.17, 15) is 4.79 Å². The summed E-state index contributed by atoms with van der Waals surface area (Å²) < 4.78 is 5.13. The molecular formula is C13H18ClNO2. The van der Waals surface area contributed by atoms with Gasteiger partial charge in [-0.1, -0.05) is 44.2 Å². The number of hydrogen-bond acceptors (Lipinski definition) is 3. The highest BCUT2D eigenvalue weighted by molar-refractivity contribution is 6.32. The van der Waals surface area contributed by atoms with Crippen LogP contribution in [-0.4, -0.2) is 17.6 Å². The average Bonchev–Trinajstić information content (AvgIpc) is 2.34. The maximum absolute atomic E-state index is 11.6. The first-order valence-electron chi connectivity index (χ1n) is 6.03. The van der Waals surface area contributed by atoms with Crippen molar-refractivity contribution >= 4 is 17.6 Å². The first-order valence-corrected chi connectivity index (χ1v) is 6.41. The summed E-state index contributed by atoms with van der Waals surface area (Å²) in [6.45, 7) is 2.62. The number of pyridine rings is 1. The molecule has 0 bridgehead atoms. The van der Waals surface area contributed by atoms with Crippen LogP contribution in [0.2, 0.25) is 5.15 Å². The van der Waals surface area contributed by atoms with Gasteiger partial charge in [-0.05, 0) is 18.6 Å². The molecule has 1 aromatic rings. The Morgan fingerprint density at radius 1 is 1.35 bits per heavy atom. The summed E-state index contributed by atoms with van der Waals surface area (Å²) in [6, 6.07) is 3.29. The third kappa shape index (κ3) is 5.18. The number of aromatic nitrogens is 1. The molecule has 0 saturated carbocycles. The largest absolute Gasteiger partial charge is 0.462 e. The molecule has 1 aromatic heterocycles. The molecule has 4 heteroatoms. The Balaban J connectivity index is 2.24. The predicted octanol–water partition coefficient (Wildman–Crippen LogP) is 3.86. The van der Waals surface area contributed by atoms with Crippen LogP contribution in [0, 0.1) is 0 Å². The number of ether oxygens (including phenoxy) is 1. The molecule has 1 rings (SSSR count). The third-order valence-electron chi connectivity index (χ3n) is 2.46. The first-order chi connectivity index (χ1) is 8.25. The van der Waals surface area contributed by atoms with Gasteiger partial charge in [0.1, 0.15) is 5.15 Å². The van der Waals surface area contributed by atoms with Crippen molar-refractivity contribution in [3.8, 4) is 0 Å². The third-order valence-corrected chi connectivity index (χ3v) is 2.76. The molecule has 3 nitrogen and oxygen atoms in total. The minimum atomic E-state index is -0.390. The van der Waals surface area contributed by atoms with E-state index < -0.39 is 5.97 Å². The number of carbonyl (C=O) groups excluding carboxylic acids is 1. The van der Waals surface area contributed by atoms with E-state index in [0.717, 1.165) is 12.8 Å². The van der Waals surface area contributed by atoms with Crippen LogP contribution in [0.5, 0.6) is 0 Å². The van der Waals surface area contributed by atoms with Crippen LogP contribution < -0.4 is 0 Å². The summed E-state index contributed by atoms with van der Waals surface area (Å²) in [7, 11) is 0. The molecule has 0 atom stereocenters. The van der Waals surface area contributed by atoms with E-state index in [0.29, 0.717) is 12.2 Å². The molecule has 0 radical (unpaired) electrons. The first kappa shape index (κ1) is 14.0. The lowest BCUT2D eigenvalue weighted by Gasteiger charge is -2.05. The fraction of sp³-hybridized carbons (Fsp3) is 0.538. The van der Waals surface area contributed by atoms with Crippen molar-refractivity contribution in [1.29, 1.82) is 0 Å². The van der Waals surface area contributed by atoms with Crippen molar-refractivity contribution in [3.63, 3.8) is 0 Å². The van der Waals surface area contributed by atoms with Crippen LogP contribution in [0.1, 0.15) is 49.4 Å². The molecule has 1 heterocycles. The van der Waals surface area contributed by atoms with Gasteiger partial charge in [0.2, 0.25) is 0 Å². The molecule has 17 heavy (non-hydrogen) atoms. The van der Waals surface area contributed by atoms with Crippen molar-refractivity contribution in [2.24, 2.45) is 0 Å². The van der Waals surface area contributed by atoms with E-state index in [-0.39, 0.29) is 5.15 Å². The quantitative estimate of drug-likeness (QED) is 0.422. The Hall–Kier alpha value is -1.09. The molecular weight excluding hydrogens is 238 g/mol. The van der Waals surface area contributed by atoms with Gasteiger partial charge < -0.3 is 4.74 Å². The molecule has 0 fully saturated rings. The Morgan fingerprint density at radius 3 is 2.82 bits per heavy atom. The summed E-state index contributed by atoms with van der Waals surface area (Å²) >= 11 is 5.79. The van der Waals surface area contributed by atoms with Crippen LogP contribution in [0.15, 0.2) is 18.3 Å². The molecule has 0 spiro atoms. The SMILES string of the molecule is CCCCCCCOC(=O)c1cccnc1Cl. The van der Waals surface area contributed by atoms with Crippen LogP contribution in [0.3, 0.4) is 0 Å². The van der Waals surface area contributed by atoms with Crippen LogP contribution in [-0.2, 0) is 4.74 Å². The maximum atomic E-state index is 11.6. The van der Waals surface area contributed by atoms with Gasteiger partial charge in [-0.25, -0.2) is 9.78 Å². The lowest BCUT2D eigenvalue weighted by molar-refractivity contribution is 0.0497. The van der Waals surface area contributed by atoms with E-state index in [1.165, 1.54) is 19.3 Å². The summed E-state index contributed by atoms with van der Waals surface area (Å²) in [6.07, 6.45) is 7.20. The molecule has 0 amide bonds. The van der Waals surface area contributed by atoms with E-state index in [1.807, 2.05) is 0 Å². The molecule has 94 valence electrons. The van der Waals surface area contributed by atoms with Crippen molar-refractivity contribution in [2.45, 2.75) is 39.0 Å². The topological polar surface area (TPSA) is 39.2 Å². The second-order valence-electron chi connectivity index (χ2n) is 3.89. The molecule has 0 aromatic carbocycles.